The maximum atomic E-state index is 12.3. The Morgan fingerprint density at radius 3 is 2.50 bits per heavy atom. The van der Waals surface area contributed by atoms with E-state index in [1.54, 1.807) is 6.20 Å². The molecule has 1 aliphatic rings. The summed E-state index contributed by atoms with van der Waals surface area (Å²) in [7, 11) is 0. The summed E-state index contributed by atoms with van der Waals surface area (Å²) in [5, 5.41) is 3.16. The van der Waals surface area contributed by atoms with Crippen LogP contribution < -0.4 is 5.32 Å². The topological polar surface area (TPSA) is 50.2 Å². The molecular formula is C17H30N4O. The number of nitrogens with one attached hydrogen (secondary N) is 1. The fraction of sp³-hybridized carbons (Fsp3) is 0.765. The molecule has 2 atom stereocenters. The van der Waals surface area contributed by atoms with Gasteiger partial charge in [-0.2, -0.15) is 0 Å². The highest BCUT2D eigenvalue weighted by atomic mass is 16.1. The lowest BCUT2D eigenvalue weighted by Gasteiger charge is -2.25. The third-order valence-corrected chi connectivity index (χ3v) is 4.46. The molecule has 1 aliphatic heterocycles. The molecule has 2 rings (SSSR count). The summed E-state index contributed by atoms with van der Waals surface area (Å²) in [6.45, 7) is 10.0. The van der Waals surface area contributed by atoms with Crippen molar-refractivity contribution in [1.29, 1.82) is 0 Å². The van der Waals surface area contributed by atoms with Gasteiger partial charge < -0.3 is 14.8 Å². The zero-order valence-electron chi connectivity index (χ0n) is 14.2. The van der Waals surface area contributed by atoms with Gasteiger partial charge in [-0.05, 0) is 39.8 Å². The monoisotopic (exact) mass is 306 g/mol. The molecule has 1 fully saturated rings. The van der Waals surface area contributed by atoms with Crippen LogP contribution >= 0.6 is 0 Å². The molecule has 22 heavy (non-hydrogen) atoms. The minimum absolute atomic E-state index is 0.0421. The number of carbonyl (C=O) groups is 1. The van der Waals surface area contributed by atoms with E-state index in [4.69, 9.17) is 0 Å². The van der Waals surface area contributed by atoms with E-state index >= 15 is 0 Å². The minimum Gasteiger partial charge on any atom is -0.352 e. The van der Waals surface area contributed by atoms with Crippen molar-refractivity contribution in [2.45, 2.75) is 59.0 Å². The Balaban J connectivity index is 1.76. The zero-order valence-corrected chi connectivity index (χ0v) is 14.2. The molecule has 5 heteroatoms. The predicted octanol–water partition coefficient (Wildman–Crippen LogP) is 2.21. The van der Waals surface area contributed by atoms with Gasteiger partial charge in [-0.1, -0.05) is 19.8 Å². The fourth-order valence-corrected chi connectivity index (χ4v) is 3.11. The highest BCUT2D eigenvalue weighted by Gasteiger charge is 2.18. The number of rotatable bonds is 6. The summed E-state index contributed by atoms with van der Waals surface area (Å²) >= 11 is 0. The fourth-order valence-electron chi connectivity index (χ4n) is 3.11. The summed E-state index contributed by atoms with van der Waals surface area (Å²) < 4.78 is 2.03. The highest BCUT2D eigenvalue weighted by Crippen LogP contribution is 2.10. The van der Waals surface area contributed by atoms with E-state index in [1.165, 1.54) is 38.8 Å². The standard InChI is InChI=1S/C17H30N4O/c1-14(12-21-11-8-18-16(21)3)17(22)19-15(2)13-20-9-6-4-5-7-10-20/h8,11,14-15H,4-7,9-10,12-13H2,1-3H3,(H,19,22). The second-order valence-corrected chi connectivity index (χ2v) is 6.65. The number of likely N-dealkylation sites (tertiary alicyclic amines) is 1. The molecule has 0 radical (unpaired) electrons. The predicted molar refractivity (Wildman–Crippen MR) is 88.6 cm³/mol. The Kier molecular flexibility index (Phi) is 6.43. The van der Waals surface area contributed by atoms with Gasteiger partial charge in [0.1, 0.15) is 5.82 Å². The first-order valence-corrected chi connectivity index (χ1v) is 8.56. The average Bonchev–Trinajstić information content (AvgIpc) is 2.73. The second-order valence-electron chi connectivity index (χ2n) is 6.65. The number of hydrogen-bond donors (Lipinski definition) is 1. The van der Waals surface area contributed by atoms with Gasteiger partial charge in [-0.15, -0.1) is 0 Å². The van der Waals surface area contributed by atoms with Gasteiger partial charge in [-0.25, -0.2) is 4.98 Å². The molecule has 2 heterocycles. The molecule has 1 amide bonds. The van der Waals surface area contributed by atoms with E-state index in [0.29, 0.717) is 6.54 Å². The minimum atomic E-state index is -0.0421. The van der Waals surface area contributed by atoms with Crippen LogP contribution in [0.25, 0.3) is 0 Å². The number of carbonyl (C=O) groups excluding carboxylic acids is 1. The van der Waals surface area contributed by atoms with Crippen LogP contribution in [-0.2, 0) is 11.3 Å². The molecule has 0 bridgehead atoms. The van der Waals surface area contributed by atoms with Crippen LogP contribution in [0.15, 0.2) is 12.4 Å². The van der Waals surface area contributed by atoms with Crippen LogP contribution in [0.5, 0.6) is 0 Å². The van der Waals surface area contributed by atoms with Crippen molar-refractivity contribution in [1.82, 2.24) is 19.8 Å². The number of nitrogens with zero attached hydrogens (tertiary/aromatic N) is 3. The Morgan fingerprint density at radius 1 is 1.23 bits per heavy atom. The van der Waals surface area contributed by atoms with E-state index in [1.807, 2.05) is 24.6 Å². The summed E-state index contributed by atoms with van der Waals surface area (Å²) in [4.78, 5) is 19.0. The number of hydrogen-bond acceptors (Lipinski definition) is 3. The molecular weight excluding hydrogens is 276 g/mol. The second kappa shape index (κ2) is 8.32. The van der Waals surface area contributed by atoms with Crippen molar-refractivity contribution < 1.29 is 4.79 Å². The first-order chi connectivity index (χ1) is 10.6. The number of aryl methyl sites for hydroxylation is 1. The van der Waals surface area contributed by atoms with E-state index in [2.05, 4.69) is 22.1 Å². The molecule has 1 aromatic heterocycles. The Hall–Kier alpha value is -1.36. The number of imidazole rings is 1. The van der Waals surface area contributed by atoms with Crippen LogP contribution in [0.4, 0.5) is 0 Å². The summed E-state index contributed by atoms with van der Waals surface area (Å²) in [6, 6.07) is 0.205. The average molecular weight is 306 g/mol. The Labute approximate surface area is 134 Å². The first-order valence-electron chi connectivity index (χ1n) is 8.56. The van der Waals surface area contributed by atoms with Crippen molar-refractivity contribution in [3.05, 3.63) is 18.2 Å². The van der Waals surface area contributed by atoms with E-state index in [0.717, 1.165) is 12.4 Å². The SMILES string of the molecule is Cc1nccn1CC(C)C(=O)NC(C)CN1CCCCCC1. The van der Waals surface area contributed by atoms with Crippen LogP contribution in [-0.4, -0.2) is 46.0 Å². The molecule has 0 aliphatic carbocycles. The summed E-state index contributed by atoms with van der Waals surface area (Å²) in [6.07, 6.45) is 8.98. The van der Waals surface area contributed by atoms with Crippen molar-refractivity contribution in [2.75, 3.05) is 19.6 Å². The van der Waals surface area contributed by atoms with Crippen LogP contribution in [0.1, 0.15) is 45.4 Å². The molecule has 1 saturated heterocycles. The zero-order chi connectivity index (χ0) is 15.9. The van der Waals surface area contributed by atoms with E-state index in [-0.39, 0.29) is 17.9 Å². The van der Waals surface area contributed by atoms with Gasteiger partial charge in [0, 0.05) is 31.5 Å². The van der Waals surface area contributed by atoms with E-state index < -0.39 is 0 Å². The number of amides is 1. The summed E-state index contributed by atoms with van der Waals surface area (Å²) in [5.41, 5.74) is 0. The maximum absolute atomic E-state index is 12.3. The van der Waals surface area contributed by atoms with Gasteiger partial charge >= 0.3 is 0 Å². The van der Waals surface area contributed by atoms with Gasteiger partial charge in [0.25, 0.3) is 0 Å². The van der Waals surface area contributed by atoms with Crippen molar-refractivity contribution in [3.8, 4) is 0 Å². The van der Waals surface area contributed by atoms with Gasteiger partial charge in [0.2, 0.25) is 5.91 Å². The number of aromatic nitrogens is 2. The lowest BCUT2D eigenvalue weighted by atomic mass is 10.1. The highest BCUT2D eigenvalue weighted by molar-refractivity contribution is 5.78. The molecule has 0 aromatic carbocycles. The first kappa shape index (κ1) is 17.0. The molecule has 124 valence electrons. The largest absolute Gasteiger partial charge is 0.352 e. The summed E-state index contributed by atoms with van der Waals surface area (Å²) in [5.74, 6) is 1.05. The molecule has 1 aromatic rings. The molecule has 1 N–H and O–H groups in total. The third-order valence-electron chi connectivity index (χ3n) is 4.46. The van der Waals surface area contributed by atoms with Gasteiger partial charge in [-0.3, -0.25) is 4.79 Å². The molecule has 0 saturated carbocycles. The van der Waals surface area contributed by atoms with Crippen molar-refractivity contribution >= 4 is 5.91 Å². The normalized spacial score (nSPS) is 19.4. The van der Waals surface area contributed by atoms with Crippen molar-refractivity contribution in [3.63, 3.8) is 0 Å². The lowest BCUT2D eigenvalue weighted by molar-refractivity contribution is -0.125. The molecule has 2 unspecified atom stereocenters. The van der Waals surface area contributed by atoms with Crippen LogP contribution in [0.3, 0.4) is 0 Å². The van der Waals surface area contributed by atoms with Crippen LogP contribution in [0.2, 0.25) is 0 Å². The Bertz CT molecular complexity index is 463. The molecule has 0 spiro atoms. The van der Waals surface area contributed by atoms with Gasteiger partial charge in [0.15, 0.2) is 0 Å². The van der Waals surface area contributed by atoms with Crippen molar-refractivity contribution in [2.24, 2.45) is 5.92 Å². The smallest absolute Gasteiger partial charge is 0.224 e. The third kappa shape index (κ3) is 5.13. The lowest BCUT2D eigenvalue weighted by Crippen LogP contribution is -2.44. The van der Waals surface area contributed by atoms with Gasteiger partial charge in [0.05, 0.1) is 5.92 Å². The quantitative estimate of drug-likeness (QED) is 0.876. The van der Waals surface area contributed by atoms with E-state index in [9.17, 15) is 4.79 Å². The Morgan fingerprint density at radius 2 is 1.91 bits per heavy atom. The maximum Gasteiger partial charge on any atom is 0.224 e. The molecule has 5 nitrogen and oxygen atoms in total. The van der Waals surface area contributed by atoms with Crippen LogP contribution in [0, 0.1) is 12.8 Å².